The Labute approximate surface area is 95.2 Å². The summed E-state index contributed by atoms with van der Waals surface area (Å²) in [7, 11) is 2.15. The highest BCUT2D eigenvalue weighted by molar-refractivity contribution is 4.55. The molecule has 0 saturated carbocycles. The van der Waals surface area contributed by atoms with Crippen LogP contribution in [0.2, 0.25) is 0 Å². The van der Waals surface area contributed by atoms with Crippen molar-refractivity contribution in [3.63, 3.8) is 0 Å². The van der Waals surface area contributed by atoms with E-state index in [1.807, 2.05) is 6.92 Å². The van der Waals surface area contributed by atoms with Gasteiger partial charge >= 0.3 is 0 Å². The monoisotopic (exact) mass is 216 g/mol. The Bertz CT molecular complexity index is 129. The maximum atomic E-state index is 5.31. The van der Waals surface area contributed by atoms with Crippen molar-refractivity contribution in [2.45, 2.75) is 27.2 Å². The molecule has 0 aliphatic carbocycles. The van der Waals surface area contributed by atoms with Gasteiger partial charge in [-0.2, -0.15) is 0 Å². The minimum absolute atomic E-state index is 0.751. The van der Waals surface area contributed by atoms with E-state index in [1.165, 1.54) is 6.42 Å². The molecule has 15 heavy (non-hydrogen) atoms. The van der Waals surface area contributed by atoms with Gasteiger partial charge in [0.15, 0.2) is 0 Å². The summed E-state index contributed by atoms with van der Waals surface area (Å²) in [4.78, 5) is 2.33. The quantitative estimate of drug-likeness (QED) is 0.561. The fraction of sp³-hybridized carbons (Fsp3) is 1.00. The van der Waals surface area contributed by atoms with Crippen molar-refractivity contribution in [3.05, 3.63) is 0 Å². The first-order valence-corrected chi connectivity index (χ1v) is 6.13. The van der Waals surface area contributed by atoms with E-state index < -0.39 is 0 Å². The Kier molecular flexibility index (Phi) is 10.3. The highest BCUT2D eigenvalue weighted by Gasteiger charge is 1.98. The van der Waals surface area contributed by atoms with Gasteiger partial charge in [-0.05, 0) is 45.9 Å². The molecule has 0 aromatic carbocycles. The molecule has 0 fully saturated rings. The van der Waals surface area contributed by atoms with Crippen molar-refractivity contribution in [1.82, 2.24) is 10.2 Å². The molecule has 3 nitrogen and oxygen atoms in total. The van der Waals surface area contributed by atoms with Crippen LogP contribution in [0.25, 0.3) is 0 Å². The number of hydrogen-bond donors (Lipinski definition) is 1. The molecule has 0 aliphatic heterocycles. The van der Waals surface area contributed by atoms with Crippen molar-refractivity contribution in [1.29, 1.82) is 0 Å². The minimum atomic E-state index is 0.751. The molecule has 0 aromatic heterocycles. The van der Waals surface area contributed by atoms with E-state index in [2.05, 4.69) is 31.1 Å². The van der Waals surface area contributed by atoms with Gasteiger partial charge in [0.2, 0.25) is 0 Å². The summed E-state index contributed by atoms with van der Waals surface area (Å²) < 4.78 is 5.31. The highest BCUT2D eigenvalue weighted by Crippen LogP contribution is 1.89. The van der Waals surface area contributed by atoms with E-state index in [4.69, 9.17) is 4.74 Å². The number of likely N-dealkylation sites (N-methyl/N-ethyl adjacent to an activating group) is 1. The standard InChI is InChI=1S/C12H28N2O/c1-5-15-10-9-14(4)8-6-7-13-11-12(2)3/h12-13H,5-11H2,1-4H3. The van der Waals surface area contributed by atoms with E-state index in [0.29, 0.717) is 0 Å². The molecule has 3 heteroatoms. The van der Waals surface area contributed by atoms with Crippen LogP contribution in [0.15, 0.2) is 0 Å². The fourth-order valence-corrected chi connectivity index (χ4v) is 1.34. The number of nitrogens with one attached hydrogen (secondary N) is 1. The van der Waals surface area contributed by atoms with Crippen molar-refractivity contribution < 1.29 is 4.74 Å². The lowest BCUT2D eigenvalue weighted by Gasteiger charge is -2.16. The molecule has 92 valence electrons. The zero-order valence-electron chi connectivity index (χ0n) is 10.9. The smallest absolute Gasteiger partial charge is 0.0593 e. The third kappa shape index (κ3) is 11.8. The summed E-state index contributed by atoms with van der Waals surface area (Å²) in [5, 5.41) is 3.45. The molecule has 0 rings (SSSR count). The first-order chi connectivity index (χ1) is 7.16. The van der Waals surface area contributed by atoms with Gasteiger partial charge in [0.05, 0.1) is 6.61 Å². The van der Waals surface area contributed by atoms with Crippen LogP contribution in [0, 0.1) is 5.92 Å². The van der Waals surface area contributed by atoms with Gasteiger partial charge in [-0.1, -0.05) is 13.8 Å². The molecule has 0 aliphatic rings. The molecule has 0 radical (unpaired) electrons. The van der Waals surface area contributed by atoms with Gasteiger partial charge in [-0.25, -0.2) is 0 Å². The molecule has 0 heterocycles. The highest BCUT2D eigenvalue weighted by atomic mass is 16.5. The third-order valence-corrected chi connectivity index (χ3v) is 2.27. The second-order valence-electron chi connectivity index (χ2n) is 4.45. The van der Waals surface area contributed by atoms with Gasteiger partial charge < -0.3 is 15.0 Å². The molecule has 0 atom stereocenters. The molecule has 0 aromatic rings. The average Bonchev–Trinajstić information content (AvgIpc) is 2.17. The SMILES string of the molecule is CCOCCN(C)CCCNCC(C)C. The second-order valence-corrected chi connectivity index (χ2v) is 4.45. The summed E-state index contributed by atoms with van der Waals surface area (Å²) in [6.45, 7) is 12.6. The Hall–Kier alpha value is -0.120. The lowest BCUT2D eigenvalue weighted by molar-refractivity contribution is 0.122. The van der Waals surface area contributed by atoms with E-state index in [0.717, 1.165) is 45.3 Å². The number of nitrogens with zero attached hydrogens (tertiary/aromatic N) is 1. The largest absolute Gasteiger partial charge is 0.380 e. The minimum Gasteiger partial charge on any atom is -0.380 e. The molecule has 0 saturated heterocycles. The summed E-state index contributed by atoms with van der Waals surface area (Å²) >= 11 is 0. The lowest BCUT2D eigenvalue weighted by Crippen LogP contribution is -2.28. The molecule has 0 unspecified atom stereocenters. The number of ether oxygens (including phenoxy) is 1. The van der Waals surface area contributed by atoms with Crippen LogP contribution in [-0.2, 0) is 4.74 Å². The Morgan fingerprint density at radius 2 is 2.00 bits per heavy atom. The topological polar surface area (TPSA) is 24.5 Å². The Balaban J connectivity index is 3.13. The van der Waals surface area contributed by atoms with Crippen molar-refractivity contribution >= 4 is 0 Å². The Morgan fingerprint density at radius 3 is 2.60 bits per heavy atom. The molecule has 1 N–H and O–H groups in total. The molecule has 0 spiro atoms. The van der Waals surface area contributed by atoms with Crippen molar-refractivity contribution in [2.24, 2.45) is 5.92 Å². The Morgan fingerprint density at radius 1 is 1.27 bits per heavy atom. The predicted molar refractivity (Wildman–Crippen MR) is 66.3 cm³/mol. The molecule has 0 bridgehead atoms. The van der Waals surface area contributed by atoms with Crippen LogP contribution in [0.3, 0.4) is 0 Å². The average molecular weight is 216 g/mol. The van der Waals surface area contributed by atoms with Crippen LogP contribution >= 0.6 is 0 Å². The van der Waals surface area contributed by atoms with Crippen LogP contribution in [0.5, 0.6) is 0 Å². The zero-order valence-corrected chi connectivity index (χ0v) is 10.9. The summed E-state index contributed by atoms with van der Waals surface area (Å²) in [6, 6.07) is 0. The second kappa shape index (κ2) is 10.4. The zero-order chi connectivity index (χ0) is 11.5. The van der Waals surface area contributed by atoms with Crippen molar-refractivity contribution in [2.75, 3.05) is 46.4 Å². The first kappa shape index (κ1) is 14.9. The van der Waals surface area contributed by atoms with Crippen molar-refractivity contribution in [3.8, 4) is 0 Å². The van der Waals surface area contributed by atoms with Gasteiger partial charge in [0.25, 0.3) is 0 Å². The summed E-state index contributed by atoms with van der Waals surface area (Å²) in [6.07, 6.45) is 1.22. The molecular weight excluding hydrogens is 188 g/mol. The van der Waals surface area contributed by atoms with Crippen LogP contribution in [0.4, 0.5) is 0 Å². The maximum absolute atomic E-state index is 5.31. The van der Waals surface area contributed by atoms with E-state index >= 15 is 0 Å². The molecule has 0 amide bonds. The summed E-state index contributed by atoms with van der Waals surface area (Å²) in [5.74, 6) is 0.751. The van der Waals surface area contributed by atoms with E-state index in [9.17, 15) is 0 Å². The van der Waals surface area contributed by atoms with Gasteiger partial charge in [-0.15, -0.1) is 0 Å². The van der Waals surface area contributed by atoms with Gasteiger partial charge in [0, 0.05) is 13.2 Å². The van der Waals surface area contributed by atoms with E-state index in [-0.39, 0.29) is 0 Å². The van der Waals surface area contributed by atoms with Crippen LogP contribution in [-0.4, -0.2) is 51.3 Å². The normalized spacial score (nSPS) is 11.6. The molecular formula is C12H28N2O. The third-order valence-electron chi connectivity index (χ3n) is 2.27. The maximum Gasteiger partial charge on any atom is 0.0593 e. The number of rotatable bonds is 10. The first-order valence-electron chi connectivity index (χ1n) is 6.13. The number of hydrogen-bond acceptors (Lipinski definition) is 3. The van der Waals surface area contributed by atoms with Gasteiger partial charge in [0.1, 0.15) is 0 Å². The van der Waals surface area contributed by atoms with Crippen LogP contribution < -0.4 is 5.32 Å². The summed E-state index contributed by atoms with van der Waals surface area (Å²) in [5.41, 5.74) is 0. The van der Waals surface area contributed by atoms with Gasteiger partial charge in [-0.3, -0.25) is 0 Å². The predicted octanol–water partition coefficient (Wildman–Crippen LogP) is 1.59. The van der Waals surface area contributed by atoms with Crippen LogP contribution in [0.1, 0.15) is 27.2 Å². The lowest BCUT2D eigenvalue weighted by atomic mass is 10.2. The van der Waals surface area contributed by atoms with E-state index in [1.54, 1.807) is 0 Å². The fourth-order valence-electron chi connectivity index (χ4n) is 1.34.